The lowest BCUT2D eigenvalue weighted by Crippen LogP contribution is -2.16. The van der Waals surface area contributed by atoms with Gasteiger partial charge >= 0.3 is 5.97 Å². The second-order valence-corrected chi connectivity index (χ2v) is 6.38. The van der Waals surface area contributed by atoms with Crippen LogP contribution >= 0.6 is 0 Å². The molecule has 0 fully saturated rings. The summed E-state index contributed by atoms with van der Waals surface area (Å²) in [5.74, 6) is -0.441. The molecule has 1 heterocycles. The summed E-state index contributed by atoms with van der Waals surface area (Å²) in [7, 11) is 1.56. The fraction of sp³-hybridized carbons (Fsp3) is 0.318. The Morgan fingerprint density at radius 2 is 1.89 bits per heavy atom. The third kappa shape index (κ3) is 4.89. The van der Waals surface area contributed by atoms with Crippen molar-refractivity contribution in [2.75, 3.05) is 13.7 Å². The van der Waals surface area contributed by atoms with Crippen LogP contribution in [-0.4, -0.2) is 30.0 Å². The van der Waals surface area contributed by atoms with Gasteiger partial charge in [0.05, 0.1) is 7.11 Å². The zero-order valence-corrected chi connectivity index (χ0v) is 16.6. The Labute approximate surface area is 165 Å². The first-order valence-electron chi connectivity index (χ1n) is 9.04. The Morgan fingerprint density at radius 3 is 2.46 bits per heavy atom. The third-order valence-corrected chi connectivity index (χ3v) is 4.42. The molecule has 0 radical (unpaired) electrons. The van der Waals surface area contributed by atoms with Gasteiger partial charge in [-0.3, -0.25) is 4.79 Å². The largest absolute Gasteiger partial charge is 0.497 e. The molecule has 0 aliphatic heterocycles. The Hall–Kier alpha value is -3.33. The summed E-state index contributed by atoms with van der Waals surface area (Å²) < 4.78 is 12.2. The number of nitrogens with zero attached hydrogens (tertiary/aromatic N) is 2. The van der Waals surface area contributed by atoms with Crippen molar-refractivity contribution in [1.82, 2.24) is 4.57 Å². The molecule has 28 heavy (non-hydrogen) atoms. The van der Waals surface area contributed by atoms with E-state index in [4.69, 9.17) is 9.47 Å². The molecule has 6 heteroatoms. The number of hydrogen-bond acceptors (Lipinski definition) is 5. The molecular formula is C22H24N2O4. The number of aryl methyl sites for hydroxylation is 1. The van der Waals surface area contributed by atoms with Gasteiger partial charge in [0.15, 0.2) is 6.61 Å². The number of carbonyl (C=O) groups excluding carboxylic acids is 2. The standard InChI is InChI=1S/C22H24N2O4/c1-5-10-24-15(2)11-20(16(24)3)21(25)14-28-22(26)18(13-23)12-17-6-8-19(27-4)9-7-17/h6-9,11-12H,5,10,14H2,1-4H3/b18-12-. The van der Waals surface area contributed by atoms with E-state index < -0.39 is 12.6 Å². The number of Topliss-reactive ketones (excluding diaryl/α,β-unsaturated/α-hetero) is 1. The summed E-state index contributed by atoms with van der Waals surface area (Å²) in [6.07, 6.45) is 2.38. The lowest BCUT2D eigenvalue weighted by atomic mass is 10.1. The predicted octanol–water partition coefficient (Wildman–Crippen LogP) is 3.86. The molecule has 0 amide bonds. The number of carbonyl (C=O) groups is 2. The van der Waals surface area contributed by atoms with Gasteiger partial charge in [-0.25, -0.2) is 4.79 Å². The summed E-state index contributed by atoms with van der Waals surface area (Å²) in [4.78, 5) is 24.7. The zero-order valence-electron chi connectivity index (χ0n) is 16.6. The van der Waals surface area contributed by atoms with Crippen molar-refractivity contribution in [1.29, 1.82) is 5.26 Å². The highest BCUT2D eigenvalue weighted by Gasteiger charge is 2.18. The first-order valence-corrected chi connectivity index (χ1v) is 9.04. The minimum Gasteiger partial charge on any atom is -0.497 e. The van der Waals surface area contributed by atoms with E-state index in [0.717, 1.165) is 24.4 Å². The Balaban J connectivity index is 2.07. The van der Waals surface area contributed by atoms with Gasteiger partial charge in [-0.2, -0.15) is 5.26 Å². The van der Waals surface area contributed by atoms with Gasteiger partial charge in [0, 0.05) is 23.5 Å². The van der Waals surface area contributed by atoms with Gasteiger partial charge in [-0.05, 0) is 50.1 Å². The van der Waals surface area contributed by atoms with Crippen LogP contribution in [0.15, 0.2) is 35.9 Å². The number of benzene rings is 1. The summed E-state index contributed by atoms with van der Waals surface area (Å²) in [6, 6.07) is 10.5. The fourth-order valence-electron chi connectivity index (χ4n) is 2.94. The molecule has 1 aromatic carbocycles. The lowest BCUT2D eigenvalue weighted by Gasteiger charge is -2.08. The number of methoxy groups -OCH3 is 1. The monoisotopic (exact) mass is 380 g/mol. The minimum atomic E-state index is -0.825. The maximum absolute atomic E-state index is 12.5. The van der Waals surface area contributed by atoms with Crippen LogP contribution in [0.25, 0.3) is 6.08 Å². The maximum atomic E-state index is 12.5. The number of aromatic nitrogens is 1. The van der Waals surface area contributed by atoms with Gasteiger partial charge in [0.2, 0.25) is 5.78 Å². The number of hydrogen-bond donors (Lipinski definition) is 0. The molecule has 0 N–H and O–H groups in total. The molecule has 0 spiro atoms. The van der Waals surface area contributed by atoms with Gasteiger partial charge in [-0.1, -0.05) is 19.1 Å². The summed E-state index contributed by atoms with van der Waals surface area (Å²) in [5, 5.41) is 9.25. The molecule has 2 aromatic rings. The molecule has 0 saturated heterocycles. The molecule has 1 aromatic heterocycles. The van der Waals surface area contributed by atoms with Gasteiger partial charge < -0.3 is 14.0 Å². The molecule has 0 aliphatic carbocycles. The fourth-order valence-corrected chi connectivity index (χ4v) is 2.94. The molecule has 6 nitrogen and oxygen atoms in total. The number of ether oxygens (including phenoxy) is 2. The van der Waals surface area contributed by atoms with Gasteiger partial charge in [-0.15, -0.1) is 0 Å². The van der Waals surface area contributed by atoms with Crippen LogP contribution in [0, 0.1) is 25.2 Å². The first kappa shape index (κ1) is 21.0. The van der Waals surface area contributed by atoms with Crippen LogP contribution in [0.4, 0.5) is 0 Å². The Kier molecular flexibility index (Phi) is 7.16. The molecule has 2 rings (SSSR count). The van der Waals surface area contributed by atoms with Crippen LogP contribution in [0.2, 0.25) is 0 Å². The summed E-state index contributed by atoms with van der Waals surface area (Å²) in [5.41, 5.74) is 2.87. The van der Waals surface area contributed by atoms with E-state index >= 15 is 0 Å². The Bertz CT molecular complexity index is 931. The van der Waals surface area contributed by atoms with Crippen LogP contribution < -0.4 is 4.74 Å². The Morgan fingerprint density at radius 1 is 1.21 bits per heavy atom. The van der Waals surface area contributed by atoms with Gasteiger partial charge in [0.25, 0.3) is 0 Å². The van der Waals surface area contributed by atoms with Crippen molar-refractivity contribution < 1.29 is 19.1 Å². The van der Waals surface area contributed by atoms with E-state index in [0.29, 0.717) is 16.9 Å². The second kappa shape index (κ2) is 9.56. The SMILES string of the molecule is CCCn1c(C)cc(C(=O)COC(=O)/C(C#N)=C\c2ccc(OC)cc2)c1C. The molecule has 146 valence electrons. The molecule has 0 aliphatic rings. The molecule has 0 bridgehead atoms. The van der Waals surface area contributed by atoms with Crippen molar-refractivity contribution in [3.63, 3.8) is 0 Å². The summed E-state index contributed by atoms with van der Waals surface area (Å²) >= 11 is 0. The van der Waals surface area contributed by atoms with E-state index in [-0.39, 0.29) is 11.4 Å². The van der Waals surface area contributed by atoms with Gasteiger partial charge in [0.1, 0.15) is 17.4 Å². The van der Waals surface area contributed by atoms with E-state index in [9.17, 15) is 14.9 Å². The molecule has 0 atom stereocenters. The quantitative estimate of drug-likeness (QED) is 0.301. The first-order chi connectivity index (χ1) is 13.4. The number of nitriles is 1. The van der Waals surface area contributed by atoms with E-state index in [1.54, 1.807) is 37.4 Å². The molecule has 0 saturated carbocycles. The smallest absolute Gasteiger partial charge is 0.349 e. The lowest BCUT2D eigenvalue weighted by molar-refractivity contribution is -0.137. The van der Waals surface area contributed by atoms with E-state index in [1.807, 2.05) is 19.9 Å². The highest BCUT2D eigenvalue weighted by atomic mass is 16.5. The van der Waals surface area contributed by atoms with Crippen molar-refractivity contribution in [3.05, 3.63) is 58.4 Å². The normalized spacial score (nSPS) is 11.0. The topological polar surface area (TPSA) is 81.3 Å². The average Bonchev–Trinajstić information content (AvgIpc) is 2.99. The number of ketones is 1. The number of rotatable bonds is 8. The van der Waals surface area contributed by atoms with Crippen molar-refractivity contribution in [2.24, 2.45) is 0 Å². The van der Waals surface area contributed by atoms with Crippen LogP contribution in [0.3, 0.4) is 0 Å². The van der Waals surface area contributed by atoms with E-state index in [2.05, 4.69) is 11.5 Å². The van der Waals surface area contributed by atoms with Crippen molar-refractivity contribution in [3.8, 4) is 11.8 Å². The maximum Gasteiger partial charge on any atom is 0.349 e. The average molecular weight is 380 g/mol. The highest BCUT2D eigenvalue weighted by molar-refractivity contribution is 6.02. The van der Waals surface area contributed by atoms with E-state index in [1.165, 1.54) is 6.08 Å². The van der Waals surface area contributed by atoms with Crippen molar-refractivity contribution >= 4 is 17.8 Å². The highest BCUT2D eigenvalue weighted by Crippen LogP contribution is 2.17. The van der Waals surface area contributed by atoms with Crippen molar-refractivity contribution in [2.45, 2.75) is 33.7 Å². The molecule has 0 unspecified atom stereocenters. The minimum absolute atomic E-state index is 0.172. The van der Waals surface area contributed by atoms with Crippen LogP contribution in [0.1, 0.15) is 40.7 Å². The third-order valence-electron chi connectivity index (χ3n) is 4.42. The zero-order chi connectivity index (χ0) is 20.7. The van der Waals surface area contributed by atoms with Crippen LogP contribution in [0.5, 0.6) is 5.75 Å². The second-order valence-electron chi connectivity index (χ2n) is 6.38. The summed E-state index contributed by atoms with van der Waals surface area (Å²) in [6.45, 7) is 6.31. The molecular weight excluding hydrogens is 356 g/mol. The number of esters is 1. The van der Waals surface area contributed by atoms with Crippen LogP contribution in [-0.2, 0) is 16.1 Å². The predicted molar refractivity (Wildman–Crippen MR) is 106 cm³/mol.